The minimum Gasteiger partial charge on any atom is -0.218 e. The molecular formula is C10H7ClN4. The van der Waals surface area contributed by atoms with Crippen LogP contribution >= 0.6 is 11.6 Å². The average molecular weight is 219 g/mol. The van der Waals surface area contributed by atoms with Crippen molar-refractivity contribution < 1.29 is 0 Å². The van der Waals surface area contributed by atoms with Crippen LogP contribution in [-0.4, -0.2) is 19.6 Å². The van der Waals surface area contributed by atoms with Crippen molar-refractivity contribution in [2.45, 2.75) is 6.92 Å². The number of nitrogens with zero attached hydrogens (tertiary/aromatic N) is 4. The van der Waals surface area contributed by atoms with E-state index in [4.69, 9.17) is 11.6 Å². The highest BCUT2D eigenvalue weighted by molar-refractivity contribution is 6.29. The molecule has 1 aromatic carbocycles. The number of hydrogen-bond donors (Lipinski definition) is 0. The van der Waals surface area contributed by atoms with Crippen LogP contribution in [0.15, 0.2) is 24.3 Å². The van der Waals surface area contributed by atoms with Gasteiger partial charge in [0.05, 0.1) is 5.52 Å². The number of para-hydroxylation sites is 1. The van der Waals surface area contributed by atoms with Gasteiger partial charge in [-0.05, 0) is 30.7 Å². The van der Waals surface area contributed by atoms with Gasteiger partial charge in [-0.2, -0.15) is 4.52 Å². The Balaban J connectivity index is 2.63. The van der Waals surface area contributed by atoms with E-state index in [1.807, 2.05) is 31.2 Å². The fourth-order valence-electron chi connectivity index (χ4n) is 1.63. The van der Waals surface area contributed by atoms with E-state index in [1.54, 1.807) is 4.52 Å². The first-order valence-corrected chi connectivity index (χ1v) is 4.91. The minimum atomic E-state index is 0.337. The Morgan fingerprint density at radius 1 is 1.20 bits per heavy atom. The first-order chi connectivity index (χ1) is 7.25. The second-order valence-corrected chi connectivity index (χ2v) is 3.63. The number of rotatable bonds is 0. The average Bonchev–Trinajstić information content (AvgIpc) is 2.61. The summed E-state index contributed by atoms with van der Waals surface area (Å²) >= 11 is 6.00. The molecule has 0 saturated heterocycles. The van der Waals surface area contributed by atoms with Crippen LogP contribution in [0.4, 0.5) is 0 Å². The molecule has 0 aliphatic rings. The van der Waals surface area contributed by atoms with Gasteiger partial charge in [0.25, 0.3) is 0 Å². The zero-order chi connectivity index (χ0) is 10.4. The van der Waals surface area contributed by atoms with Gasteiger partial charge in [-0.25, -0.2) is 9.97 Å². The molecule has 0 saturated carbocycles. The zero-order valence-electron chi connectivity index (χ0n) is 7.98. The molecule has 74 valence electrons. The first kappa shape index (κ1) is 8.61. The van der Waals surface area contributed by atoms with Gasteiger partial charge < -0.3 is 0 Å². The fraction of sp³-hybridized carbons (Fsp3) is 0.100. The van der Waals surface area contributed by atoms with Gasteiger partial charge in [-0.3, -0.25) is 0 Å². The maximum Gasteiger partial charge on any atom is 0.226 e. The van der Waals surface area contributed by atoms with Crippen molar-refractivity contribution in [3.63, 3.8) is 0 Å². The van der Waals surface area contributed by atoms with Crippen molar-refractivity contribution in [2.75, 3.05) is 0 Å². The van der Waals surface area contributed by atoms with Gasteiger partial charge >= 0.3 is 0 Å². The SMILES string of the molecule is Cc1nc2c3ccccc3nc(Cl)n2n1. The van der Waals surface area contributed by atoms with E-state index >= 15 is 0 Å². The predicted molar refractivity (Wildman–Crippen MR) is 58.0 cm³/mol. The number of aryl methyl sites for hydroxylation is 1. The van der Waals surface area contributed by atoms with E-state index in [9.17, 15) is 0 Å². The number of aromatic nitrogens is 4. The molecule has 15 heavy (non-hydrogen) atoms. The molecule has 0 unspecified atom stereocenters. The summed E-state index contributed by atoms with van der Waals surface area (Å²) in [5, 5.41) is 5.47. The van der Waals surface area contributed by atoms with Gasteiger partial charge in [0, 0.05) is 5.39 Å². The molecule has 5 heteroatoms. The Kier molecular flexibility index (Phi) is 1.67. The Morgan fingerprint density at radius 2 is 2.00 bits per heavy atom. The number of fused-ring (bicyclic) bond motifs is 3. The predicted octanol–water partition coefficient (Wildman–Crippen LogP) is 2.24. The van der Waals surface area contributed by atoms with E-state index in [0.717, 1.165) is 16.6 Å². The van der Waals surface area contributed by atoms with Crippen LogP contribution in [0.25, 0.3) is 16.6 Å². The number of halogens is 1. The van der Waals surface area contributed by atoms with Gasteiger partial charge in [-0.1, -0.05) is 12.1 Å². The van der Waals surface area contributed by atoms with Crippen LogP contribution in [-0.2, 0) is 0 Å². The fourth-order valence-corrected chi connectivity index (χ4v) is 1.83. The highest BCUT2D eigenvalue weighted by Gasteiger charge is 2.09. The lowest BCUT2D eigenvalue weighted by Crippen LogP contribution is -1.94. The van der Waals surface area contributed by atoms with Gasteiger partial charge in [-0.15, -0.1) is 5.10 Å². The second-order valence-electron chi connectivity index (χ2n) is 3.29. The highest BCUT2D eigenvalue weighted by atomic mass is 35.5. The molecule has 0 spiro atoms. The molecular weight excluding hydrogens is 212 g/mol. The molecule has 0 atom stereocenters. The topological polar surface area (TPSA) is 43.1 Å². The van der Waals surface area contributed by atoms with Crippen LogP contribution in [0.3, 0.4) is 0 Å². The summed E-state index contributed by atoms with van der Waals surface area (Å²) in [5.41, 5.74) is 1.59. The molecule has 0 amide bonds. The molecule has 0 aliphatic carbocycles. The van der Waals surface area contributed by atoms with Crippen molar-refractivity contribution in [2.24, 2.45) is 0 Å². The lowest BCUT2D eigenvalue weighted by atomic mass is 10.2. The lowest BCUT2D eigenvalue weighted by molar-refractivity contribution is 0.909. The summed E-state index contributed by atoms with van der Waals surface area (Å²) in [5.74, 6) is 0.690. The van der Waals surface area contributed by atoms with E-state index in [1.165, 1.54) is 0 Å². The van der Waals surface area contributed by atoms with Crippen molar-refractivity contribution in [1.29, 1.82) is 0 Å². The molecule has 3 aromatic rings. The minimum absolute atomic E-state index is 0.337. The Hall–Kier alpha value is -1.68. The third-order valence-electron chi connectivity index (χ3n) is 2.25. The summed E-state index contributed by atoms with van der Waals surface area (Å²) < 4.78 is 1.55. The van der Waals surface area contributed by atoms with Gasteiger partial charge in [0.2, 0.25) is 5.28 Å². The molecule has 3 rings (SSSR count). The Labute approximate surface area is 90.5 Å². The Bertz CT molecular complexity index is 659. The summed E-state index contributed by atoms with van der Waals surface area (Å²) in [6.07, 6.45) is 0. The first-order valence-electron chi connectivity index (χ1n) is 4.53. The molecule has 0 radical (unpaired) electrons. The summed E-state index contributed by atoms with van der Waals surface area (Å²) in [6, 6.07) is 7.74. The monoisotopic (exact) mass is 218 g/mol. The van der Waals surface area contributed by atoms with Gasteiger partial charge in [0.1, 0.15) is 5.82 Å². The maximum absolute atomic E-state index is 6.00. The molecule has 0 aliphatic heterocycles. The number of benzene rings is 1. The van der Waals surface area contributed by atoms with E-state index in [0.29, 0.717) is 11.1 Å². The summed E-state index contributed by atoms with van der Waals surface area (Å²) in [4.78, 5) is 8.57. The standard InChI is InChI=1S/C10H7ClN4/c1-6-12-9-7-4-2-3-5-8(7)13-10(11)15(9)14-6/h2-5H,1H3. The van der Waals surface area contributed by atoms with Crippen molar-refractivity contribution >= 4 is 28.2 Å². The molecule has 0 fully saturated rings. The van der Waals surface area contributed by atoms with Crippen LogP contribution in [0.5, 0.6) is 0 Å². The third kappa shape index (κ3) is 1.18. The second kappa shape index (κ2) is 2.90. The normalized spacial score (nSPS) is 11.3. The summed E-state index contributed by atoms with van der Waals surface area (Å²) in [7, 11) is 0. The maximum atomic E-state index is 6.00. The molecule has 2 heterocycles. The molecule has 0 bridgehead atoms. The smallest absolute Gasteiger partial charge is 0.218 e. The quantitative estimate of drug-likeness (QED) is 0.544. The van der Waals surface area contributed by atoms with Crippen molar-refractivity contribution in [3.05, 3.63) is 35.4 Å². The van der Waals surface area contributed by atoms with E-state index < -0.39 is 0 Å². The van der Waals surface area contributed by atoms with Crippen LogP contribution in [0.1, 0.15) is 5.82 Å². The molecule has 2 aromatic heterocycles. The molecule has 0 N–H and O–H groups in total. The highest BCUT2D eigenvalue weighted by Crippen LogP contribution is 2.19. The molecule has 4 nitrogen and oxygen atoms in total. The Morgan fingerprint density at radius 3 is 2.87 bits per heavy atom. The lowest BCUT2D eigenvalue weighted by Gasteiger charge is -1.99. The third-order valence-corrected chi connectivity index (χ3v) is 2.49. The summed E-state index contributed by atoms with van der Waals surface area (Å²) in [6.45, 7) is 1.83. The van der Waals surface area contributed by atoms with E-state index in [-0.39, 0.29) is 0 Å². The van der Waals surface area contributed by atoms with Crippen LogP contribution in [0.2, 0.25) is 5.28 Å². The van der Waals surface area contributed by atoms with Crippen molar-refractivity contribution in [1.82, 2.24) is 19.6 Å². The van der Waals surface area contributed by atoms with Crippen molar-refractivity contribution in [3.8, 4) is 0 Å². The number of hydrogen-bond acceptors (Lipinski definition) is 3. The zero-order valence-corrected chi connectivity index (χ0v) is 8.73. The van der Waals surface area contributed by atoms with Gasteiger partial charge in [0.15, 0.2) is 5.65 Å². The van der Waals surface area contributed by atoms with E-state index in [2.05, 4.69) is 15.1 Å². The van der Waals surface area contributed by atoms with Crippen LogP contribution in [0, 0.1) is 6.92 Å². The van der Waals surface area contributed by atoms with Crippen LogP contribution < -0.4 is 0 Å². The largest absolute Gasteiger partial charge is 0.226 e.